The third-order valence-electron chi connectivity index (χ3n) is 4.58. The summed E-state index contributed by atoms with van der Waals surface area (Å²) in [5.74, 6) is 0.613. The molecule has 0 spiro atoms. The maximum absolute atomic E-state index is 13.1. The van der Waals surface area contributed by atoms with Gasteiger partial charge in [0.1, 0.15) is 11.6 Å². The van der Waals surface area contributed by atoms with Gasteiger partial charge in [-0.05, 0) is 71.1 Å². The van der Waals surface area contributed by atoms with E-state index in [-0.39, 0.29) is 11.9 Å². The quantitative estimate of drug-likeness (QED) is 0.525. The van der Waals surface area contributed by atoms with Crippen molar-refractivity contribution in [2.75, 3.05) is 32.8 Å². The lowest BCUT2D eigenvalue weighted by Gasteiger charge is -2.24. The van der Waals surface area contributed by atoms with Gasteiger partial charge in [0.2, 0.25) is 0 Å². The van der Waals surface area contributed by atoms with Crippen LogP contribution >= 0.6 is 27.5 Å². The van der Waals surface area contributed by atoms with Crippen LogP contribution in [0.25, 0.3) is 0 Å². The van der Waals surface area contributed by atoms with Gasteiger partial charge in [-0.25, -0.2) is 4.39 Å². The van der Waals surface area contributed by atoms with E-state index in [1.807, 2.05) is 30.3 Å². The molecule has 0 saturated carbocycles. The highest BCUT2D eigenvalue weighted by Crippen LogP contribution is 2.28. The van der Waals surface area contributed by atoms with Gasteiger partial charge in [0.25, 0.3) is 0 Å². The van der Waals surface area contributed by atoms with Crippen molar-refractivity contribution in [3.8, 4) is 5.75 Å². The highest BCUT2D eigenvalue weighted by molar-refractivity contribution is 9.10. The summed E-state index contributed by atoms with van der Waals surface area (Å²) in [6.45, 7) is 4.32. The maximum atomic E-state index is 13.1. The van der Waals surface area contributed by atoms with Crippen molar-refractivity contribution in [1.29, 1.82) is 0 Å². The molecular formula is C21H24BrClFNO2. The van der Waals surface area contributed by atoms with Gasteiger partial charge in [0.15, 0.2) is 0 Å². The molecule has 1 heterocycles. The fraction of sp³-hybridized carbons (Fsp3) is 0.429. The zero-order chi connectivity index (χ0) is 19.1. The van der Waals surface area contributed by atoms with E-state index < -0.39 is 0 Å². The van der Waals surface area contributed by atoms with Crippen LogP contribution in [0.3, 0.4) is 0 Å². The Morgan fingerprint density at radius 2 is 2.04 bits per heavy atom. The van der Waals surface area contributed by atoms with Crippen molar-refractivity contribution in [3.63, 3.8) is 0 Å². The number of halogens is 3. The number of nitrogens with zero attached hydrogens (tertiary/aromatic N) is 1. The average molecular weight is 457 g/mol. The van der Waals surface area contributed by atoms with E-state index in [0.29, 0.717) is 11.6 Å². The molecule has 0 bridgehead atoms. The molecule has 0 N–H and O–H groups in total. The summed E-state index contributed by atoms with van der Waals surface area (Å²) in [5, 5.41) is 0.686. The first-order valence-electron chi connectivity index (χ1n) is 9.26. The highest BCUT2D eigenvalue weighted by Gasteiger charge is 2.19. The molecule has 146 valence electrons. The molecule has 27 heavy (non-hydrogen) atoms. The smallest absolute Gasteiger partial charge is 0.133 e. The predicted molar refractivity (Wildman–Crippen MR) is 110 cm³/mol. The predicted octanol–water partition coefficient (Wildman–Crippen LogP) is 5.34. The summed E-state index contributed by atoms with van der Waals surface area (Å²) in [7, 11) is 0. The van der Waals surface area contributed by atoms with Crippen molar-refractivity contribution in [3.05, 3.63) is 63.3 Å². The molecule has 1 fully saturated rings. The average Bonchev–Trinajstić information content (AvgIpc) is 2.87. The number of hydrogen-bond donors (Lipinski definition) is 0. The largest absolute Gasteiger partial charge is 0.492 e. The molecular weight excluding hydrogens is 433 g/mol. The standard InChI is InChI=1S/C21H24BrClFNO2/c22-20-14-17(23)5-8-21(20)27-12-2-10-25-9-1-11-26-19(15-25)13-16-3-6-18(24)7-4-16/h3-8,14,19H,1-2,9-13,15H2. The van der Waals surface area contributed by atoms with Crippen LogP contribution in [-0.4, -0.2) is 43.9 Å². The maximum Gasteiger partial charge on any atom is 0.133 e. The minimum Gasteiger partial charge on any atom is -0.492 e. The number of benzene rings is 2. The third-order valence-corrected chi connectivity index (χ3v) is 5.44. The molecule has 3 rings (SSSR count). The van der Waals surface area contributed by atoms with Crippen LogP contribution in [-0.2, 0) is 11.2 Å². The second-order valence-corrected chi connectivity index (χ2v) is 8.05. The summed E-state index contributed by atoms with van der Waals surface area (Å²) in [5.41, 5.74) is 1.11. The second kappa shape index (κ2) is 10.4. The highest BCUT2D eigenvalue weighted by atomic mass is 79.9. The molecule has 2 aromatic carbocycles. The monoisotopic (exact) mass is 455 g/mol. The van der Waals surface area contributed by atoms with Crippen LogP contribution in [0.2, 0.25) is 5.02 Å². The topological polar surface area (TPSA) is 21.7 Å². The van der Waals surface area contributed by atoms with E-state index in [1.165, 1.54) is 12.1 Å². The van der Waals surface area contributed by atoms with Gasteiger partial charge in [-0.15, -0.1) is 0 Å². The van der Waals surface area contributed by atoms with E-state index in [4.69, 9.17) is 21.1 Å². The summed E-state index contributed by atoms with van der Waals surface area (Å²) in [6.07, 6.45) is 2.93. The Labute approximate surface area is 173 Å². The molecule has 1 atom stereocenters. The second-order valence-electron chi connectivity index (χ2n) is 6.75. The first kappa shape index (κ1) is 20.6. The fourth-order valence-corrected chi connectivity index (χ4v) is 4.04. The van der Waals surface area contributed by atoms with Gasteiger partial charge in [-0.1, -0.05) is 23.7 Å². The minimum absolute atomic E-state index is 0.143. The molecule has 3 nitrogen and oxygen atoms in total. The Morgan fingerprint density at radius 1 is 1.22 bits per heavy atom. The lowest BCUT2D eigenvalue weighted by atomic mass is 10.1. The van der Waals surface area contributed by atoms with Gasteiger partial charge in [0.05, 0.1) is 17.2 Å². The van der Waals surface area contributed by atoms with Crippen molar-refractivity contribution in [2.45, 2.75) is 25.4 Å². The van der Waals surface area contributed by atoms with Gasteiger partial charge in [0, 0.05) is 31.3 Å². The molecule has 1 unspecified atom stereocenters. The van der Waals surface area contributed by atoms with Crippen LogP contribution < -0.4 is 4.74 Å². The van der Waals surface area contributed by atoms with Gasteiger partial charge in [-0.2, -0.15) is 0 Å². The first-order valence-corrected chi connectivity index (χ1v) is 10.4. The lowest BCUT2D eigenvalue weighted by Crippen LogP contribution is -2.34. The molecule has 0 radical (unpaired) electrons. The van der Waals surface area contributed by atoms with E-state index in [9.17, 15) is 4.39 Å². The molecule has 0 aromatic heterocycles. The van der Waals surface area contributed by atoms with Crippen LogP contribution in [0.4, 0.5) is 4.39 Å². The summed E-state index contributed by atoms with van der Waals surface area (Å²) >= 11 is 9.42. The van der Waals surface area contributed by atoms with Crippen LogP contribution in [0.5, 0.6) is 5.75 Å². The summed E-state index contributed by atoms with van der Waals surface area (Å²) in [6, 6.07) is 12.2. The molecule has 1 aliphatic heterocycles. The lowest BCUT2D eigenvalue weighted by molar-refractivity contribution is 0.0541. The van der Waals surface area contributed by atoms with Crippen LogP contribution in [0, 0.1) is 5.82 Å². The molecule has 0 aliphatic carbocycles. The Kier molecular flexibility index (Phi) is 7.94. The van der Waals surface area contributed by atoms with Crippen molar-refractivity contribution < 1.29 is 13.9 Å². The van der Waals surface area contributed by atoms with Gasteiger partial charge >= 0.3 is 0 Å². The van der Waals surface area contributed by atoms with E-state index in [1.54, 1.807) is 0 Å². The molecule has 1 aliphatic rings. The van der Waals surface area contributed by atoms with E-state index in [2.05, 4.69) is 20.8 Å². The fourth-order valence-electron chi connectivity index (χ4n) is 3.24. The normalized spacial score (nSPS) is 18.3. The third kappa shape index (κ3) is 6.75. The van der Waals surface area contributed by atoms with Gasteiger partial charge in [-0.3, -0.25) is 0 Å². The molecule has 0 amide bonds. The SMILES string of the molecule is Fc1ccc(CC2CN(CCCOc3ccc(Cl)cc3Br)CCCO2)cc1. The number of ether oxygens (including phenoxy) is 2. The Balaban J connectivity index is 1.44. The zero-order valence-corrected chi connectivity index (χ0v) is 17.5. The Bertz CT molecular complexity index is 729. The summed E-state index contributed by atoms with van der Waals surface area (Å²) < 4.78 is 25.8. The number of hydrogen-bond acceptors (Lipinski definition) is 3. The van der Waals surface area contributed by atoms with Gasteiger partial charge < -0.3 is 14.4 Å². The van der Waals surface area contributed by atoms with E-state index in [0.717, 1.165) is 61.3 Å². The van der Waals surface area contributed by atoms with Crippen LogP contribution in [0.1, 0.15) is 18.4 Å². The van der Waals surface area contributed by atoms with Crippen molar-refractivity contribution in [2.24, 2.45) is 0 Å². The molecule has 6 heteroatoms. The molecule has 1 saturated heterocycles. The number of rotatable bonds is 7. The zero-order valence-electron chi connectivity index (χ0n) is 15.2. The Morgan fingerprint density at radius 3 is 2.81 bits per heavy atom. The van der Waals surface area contributed by atoms with Crippen LogP contribution in [0.15, 0.2) is 46.9 Å². The van der Waals surface area contributed by atoms with E-state index >= 15 is 0 Å². The minimum atomic E-state index is -0.200. The van der Waals surface area contributed by atoms with Crippen molar-refractivity contribution >= 4 is 27.5 Å². The van der Waals surface area contributed by atoms with Crippen molar-refractivity contribution in [1.82, 2.24) is 4.90 Å². The summed E-state index contributed by atoms with van der Waals surface area (Å²) in [4.78, 5) is 2.43. The first-order chi connectivity index (χ1) is 13.1. The Hall–Kier alpha value is -1.14. The molecule has 2 aromatic rings.